The Balaban J connectivity index is 2.61. The predicted molar refractivity (Wildman–Crippen MR) is 66.2 cm³/mol. The van der Waals surface area contributed by atoms with Crippen LogP contribution in [0.15, 0.2) is 23.1 Å². The Bertz CT molecular complexity index is 614. The predicted octanol–water partition coefficient (Wildman–Crippen LogP) is 0.988. The van der Waals surface area contributed by atoms with Gasteiger partial charge in [0.25, 0.3) is 0 Å². The number of methoxy groups -OCH3 is 1. The molecule has 1 aliphatic heterocycles. The van der Waals surface area contributed by atoms with Gasteiger partial charge in [0, 0.05) is 13.1 Å². The minimum atomic E-state index is -4.07. The summed E-state index contributed by atoms with van der Waals surface area (Å²) in [6.07, 6.45) is 0. The second kappa shape index (κ2) is 4.90. The maximum Gasteiger partial charge on any atom is 0.337 e. The van der Waals surface area contributed by atoms with Crippen molar-refractivity contribution < 1.29 is 22.3 Å². The Morgan fingerprint density at radius 1 is 1.47 bits per heavy atom. The Morgan fingerprint density at radius 2 is 2.16 bits per heavy atom. The summed E-state index contributed by atoms with van der Waals surface area (Å²) in [4.78, 5) is 12.9. The molecule has 5 nitrogen and oxygen atoms in total. The molecule has 0 saturated carbocycles. The fourth-order valence-electron chi connectivity index (χ4n) is 2.03. The van der Waals surface area contributed by atoms with Crippen LogP contribution in [0.25, 0.3) is 0 Å². The third kappa shape index (κ3) is 2.48. The van der Waals surface area contributed by atoms with E-state index >= 15 is 0 Å². The van der Waals surface area contributed by atoms with E-state index in [2.05, 4.69) is 4.74 Å². The van der Waals surface area contributed by atoms with Gasteiger partial charge in [-0.1, -0.05) is 6.07 Å². The Kier molecular flexibility index (Phi) is 3.60. The Hall–Kier alpha value is -1.47. The molecule has 0 aliphatic carbocycles. The first-order valence-electron chi connectivity index (χ1n) is 5.64. The van der Waals surface area contributed by atoms with Gasteiger partial charge in [-0.15, -0.1) is 0 Å². The number of esters is 1. The SMILES string of the molecule is COC(=O)c1ccc2c(c1)S(=O)(=O)[C@H](F)CN(C)C2. The van der Waals surface area contributed by atoms with Gasteiger partial charge in [-0.05, 0) is 24.7 Å². The maximum absolute atomic E-state index is 13.8. The molecule has 1 heterocycles. The van der Waals surface area contributed by atoms with E-state index in [1.807, 2.05) is 0 Å². The van der Waals surface area contributed by atoms with Crippen molar-refractivity contribution in [3.63, 3.8) is 0 Å². The van der Waals surface area contributed by atoms with E-state index in [9.17, 15) is 17.6 Å². The first kappa shape index (κ1) is 14.0. The number of benzene rings is 1. The second-order valence-electron chi connectivity index (χ2n) is 4.47. The van der Waals surface area contributed by atoms with Crippen molar-refractivity contribution in [2.45, 2.75) is 16.9 Å². The molecule has 104 valence electrons. The van der Waals surface area contributed by atoms with E-state index in [1.54, 1.807) is 11.9 Å². The lowest BCUT2D eigenvalue weighted by atomic mass is 10.1. The molecule has 7 heteroatoms. The minimum Gasteiger partial charge on any atom is -0.465 e. The number of ether oxygens (including phenoxy) is 1. The van der Waals surface area contributed by atoms with Crippen molar-refractivity contribution in [3.05, 3.63) is 29.3 Å². The van der Waals surface area contributed by atoms with E-state index in [0.717, 1.165) is 0 Å². The third-order valence-electron chi connectivity index (χ3n) is 3.03. The van der Waals surface area contributed by atoms with Crippen LogP contribution < -0.4 is 0 Å². The van der Waals surface area contributed by atoms with Crippen LogP contribution in [0.2, 0.25) is 0 Å². The largest absolute Gasteiger partial charge is 0.465 e. The number of carbonyl (C=O) groups is 1. The first-order chi connectivity index (χ1) is 8.86. The zero-order valence-electron chi connectivity index (χ0n) is 10.6. The zero-order valence-corrected chi connectivity index (χ0v) is 11.4. The summed E-state index contributed by atoms with van der Waals surface area (Å²) >= 11 is 0. The quantitative estimate of drug-likeness (QED) is 0.721. The number of hydrogen-bond acceptors (Lipinski definition) is 5. The fourth-order valence-corrected chi connectivity index (χ4v) is 3.55. The first-order valence-corrected chi connectivity index (χ1v) is 7.18. The van der Waals surface area contributed by atoms with Gasteiger partial charge >= 0.3 is 5.97 Å². The third-order valence-corrected chi connectivity index (χ3v) is 4.84. The lowest BCUT2D eigenvalue weighted by Gasteiger charge is -2.13. The van der Waals surface area contributed by atoms with Crippen LogP contribution in [0, 0.1) is 0 Å². The van der Waals surface area contributed by atoms with Gasteiger partial charge in [-0.3, -0.25) is 4.90 Å². The van der Waals surface area contributed by atoms with Crippen LogP contribution in [0.3, 0.4) is 0 Å². The van der Waals surface area contributed by atoms with E-state index in [-0.39, 0.29) is 17.0 Å². The highest BCUT2D eigenvalue weighted by Crippen LogP contribution is 2.27. The summed E-state index contributed by atoms with van der Waals surface area (Å²) in [5, 5.41) is 0. The van der Waals surface area contributed by atoms with Crippen LogP contribution >= 0.6 is 0 Å². The highest BCUT2D eigenvalue weighted by molar-refractivity contribution is 7.92. The molecule has 0 N–H and O–H groups in total. The monoisotopic (exact) mass is 287 g/mol. The lowest BCUT2D eigenvalue weighted by molar-refractivity contribution is 0.0600. The summed E-state index contributed by atoms with van der Waals surface area (Å²) in [5.41, 5.74) is -1.41. The molecule has 0 radical (unpaired) electrons. The molecule has 1 aromatic carbocycles. The number of sulfone groups is 1. The van der Waals surface area contributed by atoms with Crippen molar-refractivity contribution in [2.24, 2.45) is 0 Å². The molecule has 0 bridgehead atoms. The highest BCUT2D eigenvalue weighted by atomic mass is 32.2. The molecule has 1 aromatic rings. The molecule has 1 atom stereocenters. The number of halogens is 1. The average molecular weight is 287 g/mol. The highest BCUT2D eigenvalue weighted by Gasteiger charge is 2.34. The normalized spacial score (nSPS) is 22.4. The van der Waals surface area contributed by atoms with E-state index in [0.29, 0.717) is 12.1 Å². The Labute approximate surface area is 110 Å². The standard InChI is InChI=1S/C12H14FNO4S/c1-14-6-9-4-3-8(12(15)18-2)5-10(9)19(16,17)11(13)7-14/h3-5,11H,6-7H2,1-2H3/t11-/m0/s1. The van der Waals surface area contributed by atoms with Crippen molar-refractivity contribution in [1.82, 2.24) is 4.90 Å². The number of hydrogen-bond donors (Lipinski definition) is 0. The summed E-state index contributed by atoms with van der Waals surface area (Å²) in [5.74, 6) is -0.647. The van der Waals surface area contributed by atoms with Crippen molar-refractivity contribution >= 4 is 15.8 Å². The average Bonchev–Trinajstić information content (AvgIpc) is 2.44. The molecular formula is C12H14FNO4S. The van der Waals surface area contributed by atoms with Crippen LogP contribution in [-0.4, -0.2) is 45.5 Å². The van der Waals surface area contributed by atoms with Gasteiger partial charge in [0.05, 0.1) is 17.6 Å². The zero-order chi connectivity index (χ0) is 14.2. The topological polar surface area (TPSA) is 63.7 Å². The molecular weight excluding hydrogens is 273 g/mol. The van der Waals surface area contributed by atoms with Gasteiger partial charge in [-0.2, -0.15) is 0 Å². The molecule has 0 saturated heterocycles. The molecule has 1 aliphatic rings. The summed E-state index contributed by atoms with van der Waals surface area (Å²) in [6, 6.07) is 4.18. The van der Waals surface area contributed by atoms with Crippen molar-refractivity contribution in [2.75, 3.05) is 20.7 Å². The molecule has 0 aromatic heterocycles. The molecule has 0 fully saturated rings. The molecule has 0 spiro atoms. The van der Waals surface area contributed by atoms with Gasteiger partial charge in [-0.25, -0.2) is 17.6 Å². The molecule has 0 amide bonds. The van der Waals surface area contributed by atoms with Crippen LogP contribution in [0.5, 0.6) is 0 Å². The second-order valence-corrected chi connectivity index (χ2v) is 6.51. The number of fused-ring (bicyclic) bond motifs is 1. The van der Waals surface area contributed by atoms with Gasteiger partial charge < -0.3 is 4.74 Å². The van der Waals surface area contributed by atoms with E-state index < -0.39 is 21.3 Å². The summed E-state index contributed by atoms with van der Waals surface area (Å²) in [6.45, 7) is 0.126. The van der Waals surface area contributed by atoms with Gasteiger partial charge in [0.2, 0.25) is 15.3 Å². The van der Waals surface area contributed by atoms with Crippen LogP contribution in [0.4, 0.5) is 4.39 Å². The lowest BCUT2D eigenvalue weighted by Crippen LogP contribution is -2.27. The number of rotatable bonds is 1. The van der Waals surface area contributed by atoms with Crippen LogP contribution in [-0.2, 0) is 21.1 Å². The van der Waals surface area contributed by atoms with Gasteiger partial charge in [0.1, 0.15) is 0 Å². The number of alkyl halides is 1. The van der Waals surface area contributed by atoms with Gasteiger partial charge in [0.15, 0.2) is 0 Å². The smallest absolute Gasteiger partial charge is 0.337 e. The Morgan fingerprint density at radius 3 is 2.79 bits per heavy atom. The van der Waals surface area contributed by atoms with Crippen molar-refractivity contribution in [3.8, 4) is 0 Å². The summed E-state index contributed by atoms with van der Waals surface area (Å²) in [7, 11) is -1.22. The molecule has 2 rings (SSSR count). The number of nitrogens with zero attached hydrogens (tertiary/aromatic N) is 1. The van der Waals surface area contributed by atoms with E-state index in [1.165, 1.54) is 25.3 Å². The minimum absolute atomic E-state index is 0.0987. The molecule has 19 heavy (non-hydrogen) atoms. The maximum atomic E-state index is 13.8. The number of carbonyl (C=O) groups excluding carboxylic acids is 1. The summed E-state index contributed by atoms with van der Waals surface area (Å²) < 4.78 is 42.5. The van der Waals surface area contributed by atoms with E-state index in [4.69, 9.17) is 0 Å². The van der Waals surface area contributed by atoms with Crippen LogP contribution in [0.1, 0.15) is 15.9 Å². The fraction of sp³-hybridized carbons (Fsp3) is 0.417. The van der Waals surface area contributed by atoms with Crippen molar-refractivity contribution in [1.29, 1.82) is 0 Å². The molecule has 0 unspecified atom stereocenters.